The molecule has 1 aliphatic rings. The molecule has 0 fully saturated rings. The van der Waals surface area contributed by atoms with E-state index in [1.807, 2.05) is 6.07 Å². The number of carbonyl (C=O) groups excluding carboxylic acids is 2. The lowest BCUT2D eigenvalue weighted by Gasteiger charge is -2.11. The van der Waals surface area contributed by atoms with Gasteiger partial charge in [0.25, 0.3) is 0 Å². The minimum absolute atomic E-state index is 0.0245. The Morgan fingerprint density at radius 3 is 2.77 bits per heavy atom. The van der Waals surface area contributed by atoms with Crippen LogP contribution in [0.4, 0.5) is 0 Å². The summed E-state index contributed by atoms with van der Waals surface area (Å²) in [7, 11) is 3.12. The molecule has 3 N–H and O–H groups in total. The third kappa shape index (κ3) is 3.77. The Kier molecular flexibility index (Phi) is 5.00. The van der Waals surface area contributed by atoms with Gasteiger partial charge in [0.2, 0.25) is 11.7 Å². The number of hydrazine groups is 1. The van der Waals surface area contributed by atoms with Crippen LogP contribution in [0.15, 0.2) is 29.0 Å². The SMILES string of the molecule is COc1ccc(CNC(=O)CC2=NC(=C=O)NN2)c(OC)c1. The molecule has 0 radical (unpaired) electrons. The van der Waals surface area contributed by atoms with Crippen LogP contribution in [0.25, 0.3) is 0 Å². The predicted molar refractivity (Wildman–Crippen MR) is 78.9 cm³/mol. The number of amidine groups is 1. The number of carbonyl (C=O) groups is 1. The van der Waals surface area contributed by atoms with Gasteiger partial charge in [0.05, 0.1) is 20.6 Å². The van der Waals surface area contributed by atoms with Crippen LogP contribution in [0.1, 0.15) is 12.0 Å². The minimum Gasteiger partial charge on any atom is -0.497 e. The standard InChI is InChI=1S/C14H16N4O4/c1-21-10-4-3-9(11(5-10)22-2)7-15-14(20)6-12-16-13(8-19)18-17-12/h3-5,18H,6-7H2,1-2H3,(H,15,20)(H,16,17). The fourth-order valence-corrected chi connectivity index (χ4v) is 1.86. The molecule has 1 aromatic rings. The van der Waals surface area contributed by atoms with Crippen molar-refractivity contribution in [3.8, 4) is 11.5 Å². The monoisotopic (exact) mass is 304 g/mol. The van der Waals surface area contributed by atoms with E-state index >= 15 is 0 Å². The molecule has 0 saturated heterocycles. The number of amides is 1. The first-order valence-electron chi connectivity index (χ1n) is 6.48. The van der Waals surface area contributed by atoms with Crippen molar-refractivity contribution in [2.45, 2.75) is 13.0 Å². The van der Waals surface area contributed by atoms with Crippen LogP contribution in [-0.4, -0.2) is 31.9 Å². The molecule has 0 aliphatic carbocycles. The van der Waals surface area contributed by atoms with Crippen LogP contribution < -0.4 is 25.6 Å². The van der Waals surface area contributed by atoms with E-state index in [1.165, 1.54) is 0 Å². The molecule has 0 atom stereocenters. The molecule has 22 heavy (non-hydrogen) atoms. The Morgan fingerprint density at radius 1 is 1.32 bits per heavy atom. The molecular formula is C14H16N4O4. The minimum atomic E-state index is -0.238. The fraction of sp³-hybridized carbons (Fsp3) is 0.286. The lowest BCUT2D eigenvalue weighted by molar-refractivity contribution is -0.120. The molecule has 1 aromatic carbocycles. The van der Waals surface area contributed by atoms with Crippen LogP contribution in [0.3, 0.4) is 0 Å². The van der Waals surface area contributed by atoms with E-state index in [9.17, 15) is 9.59 Å². The van der Waals surface area contributed by atoms with E-state index < -0.39 is 0 Å². The molecule has 8 nitrogen and oxygen atoms in total. The van der Waals surface area contributed by atoms with Gasteiger partial charge in [0.15, 0.2) is 5.94 Å². The average molecular weight is 304 g/mol. The summed E-state index contributed by atoms with van der Waals surface area (Å²) in [6.45, 7) is 0.309. The Labute approximate surface area is 127 Å². The van der Waals surface area contributed by atoms with E-state index in [0.29, 0.717) is 23.9 Å². The maximum atomic E-state index is 11.9. The zero-order valence-electron chi connectivity index (χ0n) is 12.2. The Hall–Kier alpha value is -2.99. The van der Waals surface area contributed by atoms with Gasteiger partial charge in [-0.25, -0.2) is 9.79 Å². The van der Waals surface area contributed by atoms with Gasteiger partial charge in [-0.2, -0.15) is 0 Å². The third-order valence-electron chi connectivity index (χ3n) is 2.97. The largest absolute Gasteiger partial charge is 0.497 e. The van der Waals surface area contributed by atoms with Crippen molar-refractivity contribution in [3.05, 3.63) is 29.6 Å². The summed E-state index contributed by atoms with van der Waals surface area (Å²) in [6, 6.07) is 5.35. The second-order valence-corrected chi connectivity index (χ2v) is 4.39. The Morgan fingerprint density at radius 2 is 2.14 bits per heavy atom. The summed E-state index contributed by atoms with van der Waals surface area (Å²) in [6.07, 6.45) is 0.0245. The van der Waals surface area contributed by atoms with E-state index in [1.54, 1.807) is 32.3 Å². The van der Waals surface area contributed by atoms with Crippen LogP contribution in [0, 0.1) is 0 Å². The van der Waals surface area contributed by atoms with Gasteiger partial charge in [-0.15, -0.1) is 0 Å². The van der Waals surface area contributed by atoms with Crippen LogP contribution in [0.5, 0.6) is 11.5 Å². The number of rotatable bonds is 6. The maximum absolute atomic E-state index is 11.9. The Balaban J connectivity index is 1.93. The smallest absolute Gasteiger partial charge is 0.233 e. The predicted octanol–water partition coefficient (Wildman–Crippen LogP) is -0.111. The first-order chi connectivity index (χ1) is 10.7. The number of ether oxygens (including phenoxy) is 2. The van der Waals surface area contributed by atoms with Crippen LogP contribution in [-0.2, 0) is 16.1 Å². The number of hydrogen-bond donors (Lipinski definition) is 3. The number of aliphatic imine (C=N–C) groups is 1. The van der Waals surface area contributed by atoms with Gasteiger partial charge in [-0.3, -0.25) is 15.6 Å². The lowest BCUT2D eigenvalue weighted by Crippen LogP contribution is -2.34. The highest BCUT2D eigenvalue weighted by atomic mass is 16.5. The van der Waals surface area contributed by atoms with Crippen molar-refractivity contribution >= 4 is 17.7 Å². The van der Waals surface area contributed by atoms with Crippen molar-refractivity contribution in [2.75, 3.05) is 14.2 Å². The normalized spacial score (nSPS) is 12.6. The molecule has 8 heteroatoms. The van der Waals surface area contributed by atoms with Crippen molar-refractivity contribution in [2.24, 2.45) is 4.99 Å². The second kappa shape index (κ2) is 7.14. The zero-order valence-corrected chi connectivity index (χ0v) is 12.2. The summed E-state index contributed by atoms with van der Waals surface area (Å²) < 4.78 is 10.4. The van der Waals surface area contributed by atoms with Gasteiger partial charge in [0.1, 0.15) is 17.3 Å². The number of benzene rings is 1. The summed E-state index contributed by atoms with van der Waals surface area (Å²) in [4.78, 5) is 26.1. The maximum Gasteiger partial charge on any atom is 0.233 e. The van der Waals surface area contributed by atoms with Crippen molar-refractivity contribution < 1.29 is 19.1 Å². The van der Waals surface area contributed by atoms with Crippen molar-refractivity contribution in [3.63, 3.8) is 0 Å². The number of hydrogen-bond acceptors (Lipinski definition) is 7. The molecule has 1 aliphatic heterocycles. The van der Waals surface area contributed by atoms with Gasteiger partial charge in [0, 0.05) is 18.2 Å². The van der Waals surface area contributed by atoms with Crippen LogP contribution >= 0.6 is 0 Å². The zero-order chi connectivity index (χ0) is 15.9. The van der Waals surface area contributed by atoms with E-state index in [0.717, 1.165) is 5.56 Å². The molecule has 2 rings (SSSR count). The Bertz CT molecular complexity index is 650. The first kappa shape index (κ1) is 15.4. The average Bonchev–Trinajstić information content (AvgIpc) is 3.00. The molecule has 0 unspecified atom stereocenters. The second-order valence-electron chi connectivity index (χ2n) is 4.39. The van der Waals surface area contributed by atoms with Gasteiger partial charge in [-0.05, 0) is 12.1 Å². The third-order valence-corrected chi connectivity index (χ3v) is 2.97. The summed E-state index contributed by atoms with van der Waals surface area (Å²) in [5.41, 5.74) is 5.94. The number of methoxy groups -OCH3 is 2. The summed E-state index contributed by atoms with van der Waals surface area (Å²) in [5.74, 6) is 3.05. The highest BCUT2D eigenvalue weighted by Gasteiger charge is 2.14. The molecule has 116 valence electrons. The van der Waals surface area contributed by atoms with Gasteiger partial charge < -0.3 is 14.8 Å². The molecule has 0 spiro atoms. The molecule has 0 aromatic heterocycles. The molecule has 0 saturated carbocycles. The highest BCUT2D eigenvalue weighted by Crippen LogP contribution is 2.24. The van der Waals surface area contributed by atoms with Crippen LogP contribution in [0.2, 0.25) is 0 Å². The number of nitrogens with zero attached hydrogens (tertiary/aromatic N) is 1. The van der Waals surface area contributed by atoms with E-state index in [4.69, 9.17) is 9.47 Å². The summed E-state index contributed by atoms with van der Waals surface area (Å²) >= 11 is 0. The van der Waals surface area contributed by atoms with Gasteiger partial charge in [-0.1, -0.05) is 0 Å². The molecule has 0 bridgehead atoms. The first-order valence-corrected chi connectivity index (χ1v) is 6.48. The van der Waals surface area contributed by atoms with Crippen molar-refractivity contribution in [1.29, 1.82) is 0 Å². The lowest BCUT2D eigenvalue weighted by atomic mass is 10.2. The fourth-order valence-electron chi connectivity index (χ4n) is 1.86. The molecular weight excluding hydrogens is 288 g/mol. The summed E-state index contributed by atoms with van der Waals surface area (Å²) in [5, 5.41) is 2.75. The van der Waals surface area contributed by atoms with E-state index in [2.05, 4.69) is 21.2 Å². The molecule has 1 amide bonds. The molecule has 1 heterocycles. The van der Waals surface area contributed by atoms with Gasteiger partial charge >= 0.3 is 0 Å². The quantitative estimate of drug-likeness (QED) is 0.634. The highest BCUT2D eigenvalue weighted by molar-refractivity contribution is 6.01. The van der Waals surface area contributed by atoms with Crippen molar-refractivity contribution in [1.82, 2.24) is 16.2 Å². The topological polar surface area (TPSA) is 101 Å². The van der Waals surface area contributed by atoms with E-state index in [-0.39, 0.29) is 18.1 Å². The number of nitrogens with one attached hydrogen (secondary N) is 3.